The second kappa shape index (κ2) is 8.73. The number of carbonyl (C=O) groups excluding carboxylic acids is 1. The summed E-state index contributed by atoms with van der Waals surface area (Å²) in [5.41, 5.74) is 0.564. The zero-order chi connectivity index (χ0) is 17.5. The Bertz CT molecular complexity index is 631. The summed E-state index contributed by atoms with van der Waals surface area (Å²) in [6, 6.07) is 5.03. The molecule has 0 bridgehead atoms. The van der Waals surface area contributed by atoms with Crippen LogP contribution in [0, 0.1) is 0 Å². The van der Waals surface area contributed by atoms with Gasteiger partial charge in [-0.05, 0) is 18.6 Å². The number of nitrogens with one attached hydrogen (secondary N) is 1. The molecule has 0 fully saturated rings. The Balaban J connectivity index is 2.66. The summed E-state index contributed by atoms with van der Waals surface area (Å²) < 4.78 is 34.8. The minimum atomic E-state index is -3.30. The minimum Gasteiger partial charge on any atom is -0.493 e. The molecule has 1 amide bonds. The molecular formula is C15H24N2O5S. The number of amides is 1. The SMILES string of the molecule is CCCN(CCC(=O)Nc1ccc(OC)c(OC)c1)S(C)(=O)=O. The monoisotopic (exact) mass is 344 g/mol. The lowest BCUT2D eigenvalue weighted by Gasteiger charge is -2.18. The third-order valence-corrected chi connectivity index (χ3v) is 4.50. The van der Waals surface area contributed by atoms with Crippen molar-refractivity contribution in [1.82, 2.24) is 4.31 Å². The largest absolute Gasteiger partial charge is 0.493 e. The lowest BCUT2D eigenvalue weighted by atomic mass is 10.2. The molecule has 0 saturated carbocycles. The molecule has 0 saturated heterocycles. The summed E-state index contributed by atoms with van der Waals surface area (Å²) in [4.78, 5) is 12.0. The maximum absolute atomic E-state index is 12.0. The van der Waals surface area contributed by atoms with Crippen LogP contribution in [-0.2, 0) is 14.8 Å². The van der Waals surface area contributed by atoms with Crippen molar-refractivity contribution < 1.29 is 22.7 Å². The average Bonchev–Trinajstić information content (AvgIpc) is 2.50. The molecule has 0 aromatic heterocycles. The molecule has 0 atom stereocenters. The van der Waals surface area contributed by atoms with Crippen molar-refractivity contribution in [2.75, 3.05) is 38.9 Å². The molecule has 0 aliphatic carbocycles. The Morgan fingerprint density at radius 2 is 1.83 bits per heavy atom. The van der Waals surface area contributed by atoms with E-state index in [2.05, 4.69) is 5.32 Å². The highest BCUT2D eigenvalue weighted by atomic mass is 32.2. The smallest absolute Gasteiger partial charge is 0.225 e. The fourth-order valence-electron chi connectivity index (χ4n) is 2.06. The Hall–Kier alpha value is -1.80. The molecule has 0 unspecified atom stereocenters. The number of nitrogens with zero attached hydrogens (tertiary/aromatic N) is 1. The first-order valence-corrected chi connectivity index (χ1v) is 9.13. The lowest BCUT2D eigenvalue weighted by Crippen LogP contribution is -2.33. The molecule has 7 nitrogen and oxygen atoms in total. The first-order valence-electron chi connectivity index (χ1n) is 7.28. The third kappa shape index (κ3) is 6.07. The van der Waals surface area contributed by atoms with Crippen molar-refractivity contribution in [2.45, 2.75) is 19.8 Å². The lowest BCUT2D eigenvalue weighted by molar-refractivity contribution is -0.116. The van der Waals surface area contributed by atoms with Crippen LogP contribution in [0.5, 0.6) is 11.5 Å². The van der Waals surface area contributed by atoms with Crippen LogP contribution in [-0.4, -0.2) is 52.2 Å². The number of benzene rings is 1. The van der Waals surface area contributed by atoms with E-state index < -0.39 is 10.0 Å². The summed E-state index contributed by atoms with van der Waals surface area (Å²) in [6.45, 7) is 2.45. The first kappa shape index (κ1) is 19.2. The summed E-state index contributed by atoms with van der Waals surface area (Å²) in [6.07, 6.45) is 1.93. The van der Waals surface area contributed by atoms with Crippen LogP contribution in [0.2, 0.25) is 0 Å². The van der Waals surface area contributed by atoms with E-state index in [1.54, 1.807) is 18.2 Å². The molecule has 0 aliphatic heterocycles. The number of sulfonamides is 1. The van der Waals surface area contributed by atoms with E-state index in [0.717, 1.165) is 6.26 Å². The molecule has 0 aliphatic rings. The third-order valence-electron chi connectivity index (χ3n) is 3.20. The zero-order valence-corrected chi connectivity index (χ0v) is 14.8. The first-order chi connectivity index (χ1) is 10.8. The van der Waals surface area contributed by atoms with E-state index in [0.29, 0.717) is 30.2 Å². The van der Waals surface area contributed by atoms with Crippen LogP contribution < -0.4 is 14.8 Å². The topological polar surface area (TPSA) is 84.9 Å². The molecule has 23 heavy (non-hydrogen) atoms. The molecule has 8 heteroatoms. The van der Waals surface area contributed by atoms with Gasteiger partial charge in [-0.2, -0.15) is 0 Å². The van der Waals surface area contributed by atoms with E-state index in [1.807, 2.05) is 6.92 Å². The van der Waals surface area contributed by atoms with Gasteiger partial charge in [0.25, 0.3) is 0 Å². The Labute approximate surface area is 137 Å². The van der Waals surface area contributed by atoms with Crippen LogP contribution in [0.1, 0.15) is 19.8 Å². The van der Waals surface area contributed by atoms with Crippen LogP contribution >= 0.6 is 0 Å². The predicted octanol–water partition coefficient (Wildman–Crippen LogP) is 1.70. The molecule has 0 radical (unpaired) electrons. The highest BCUT2D eigenvalue weighted by Gasteiger charge is 2.17. The quantitative estimate of drug-likeness (QED) is 0.737. The normalized spacial score (nSPS) is 11.3. The maximum Gasteiger partial charge on any atom is 0.225 e. The molecule has 130 valence electrons. The number of hydrogen-bond donors (Lipinski definition) is 1. The molecule has 1 N–H and O–H groups in total. The van der Waals surface area contributed by atoms with Gasteiger partial charge in [0.2, 0.25) is 15.9 Å². The molecule has 1 aromatic rings. The van der Waals surface area contributed by atoms with E-state index in [1.165, 1.54) is 18.5 Å². The van der Waals surface area contributed by atoms with Crippen molar-refractivity contribution >= 4 is 21.6 Å². The van der Waals surface area contributed by atoms with Gasteiger partial charge < -0.3 is 14.8 Å². The second-order valence-electron chi connectivity index (χ2n) is 5.03. The van der Waals surface area contributed by atoms with Gasteiger partial charge in [0.15, 0.2) is 11.5 Å². The fraction of sp³-hybridized carbons (Fsp3) is 0.533. The predicted molar refractivity (Wildman–Crippen MR) is 89.5 cm³/mol. The molecule has 1 rings (SSSR count). The van der Waals surface area contributed by atoms with Crippen molar-refractivity contribution in [3.63, 3.8) is 0 Å². The van der Waals surface area contributed by atoms with Crippen molar-refractivity contribution in [2.24, 2.45) is 0 Å². The van der Waals surface area contributed by atoms with Crippen LogP contribution in [0.25, 0.3) is 0 Å². The van der Waals surface area contributed by atoms with E-state index in [-0.39, 0.29) is 18.9 Å². The van der Waals surface area contributed by atoms with Crippen LogP contribution in [0.3, 0.4) is 0 Å². The number of carbonyl (C=O) groups is 1. The Morgan fingerprint density at radius 3 is 2.35 bits per heavy atom. The summed E-state index contributed by atoms with van der Waals surface area (Å²) in [7, 11) is -0.255. The Kier molecular flexibility index (Phi) is 7.31. The van der Waals surface area contributed by atoms with Crippen LogP contribution in [0.15, 0.2) is 18.2 Å². The number of ether oxygens (including phenoxy) is 2. The van der Waals surface area contributed by atoms with Crippen LogP contribution in [0.4, 0.5) is 5.69 Å². The Morgan fingerprint density at radius 1 is 1.17 bits per heavy atom. The minimum absolute atomic E-state index is 0.0847. The van der Waals surface area contributed by atoms with Gasteiger partial charge in [0.1, 0.15) is 0 Å². The summed E-state index contributed by atoms with van der Waals surface area (Å²) in [5, 5.41) is 2.72. The molecular weight excluding hydrogens is 320 g/mol. The molecule has 0 heterocycles. The molecule has 0 spiro atoms. The van der Waals surface area contributed by atoms with E-state index in [4.69, 9.17) is 9.47 Å². The fourth-order valence-corrected chi connectivity index (χ4v) is 2.99. The van der Waals surface area contributed by atoms with E-state index in [9.17, 15) is 13.2 Å². The van der Waals surface area contributed by atoms with E-state index >= 15 is 0 Å². The van der Waals surface area contributed by atoms with Crippen molar-refractivity contribution in [3.05, 3.63) is 18.2 Å². The summed E-state index contributed by atoms with van der Waals surface area (Å²) in [5.74, 6) is 0.813. The van der Waals surface area contributed by atoms with Crippen molar-refractivity contribution in [1.29, 1.82) is 0 Å². The van der Waals surface area contributed by atoms with Gasteiger partial charge in [-0.1, -0.05) is 6.92 Å². The van der Waals surface area contributed by atoms with Gasteiger partial charge in [0, 0.05) is 31.3 Å². The van der Waals surface area contributed by atoms with Gasteiger partial charge >= 0.3 is 0 Å². The highest BCUT2D eigenvalue weighted by Crippen LogP contribution is 2.29. The number of methoxy groups -OCH3 is 2. The average molecular weight is 344 g/mol. The summed E-state index contributed by atoms with van der Waals surface area (Å²) >= 11 is 0. The number of hydrogen-bond acceptors (Lipinski definition) is 5. The highest BCUT2D eigenvalue weighted by molar-refractivity contribution is 7.88. The molecule has 1 aromatic carbocycles. The second-order valence-corrected chi connectivity index (χ2v) is 7.01. The van der Waals surface area contributed by atoms with Crippen molar-refractivity contribution in [3.8, 4) is 11.5 Å². The zero-order valence-electron chi connectivity index (χ0n) is 14.0. The number of rotatable bonds is 9. The van der Waals surface area contributed by atoms with Gasteiger partial charge in [-0.3, -0.25) is 4.79 Å². The van der Waals surface area contributed by atoms with Gasteiger partial charge in [-0.25, -0.2) is 12.7 Å². The van der Waals surface area contributed by atoms with Gasteiger partial charge in [-0.15, -0.1) is 0 Å². The standard InChI is InChI=1S/C15H24N2O5S/c1-5-9-17(23(4,19)20)10-8-15(18)16-12-6-7-13(21-2)14(11-12)22-3/h6-7,11H,5,8-10H2,1-4H3,(H,16,18). The number of anilines is 1. The van der Waals surface area contributed by atoms with Gasteiger partial charge in [0.05, 0.1) is 20.5 Å². The maximum atomic E-state index is 12.0.